The molecule has 0 aliphatic rings. The first-order valence-corrected chi connectivity index (χ1v) is 11.5. The number of rotatable bonds is 8. The molecular formula is C23H23ClN2O5S. The predicted octanol–water partition coefficient (Wildman–Crippen LogP) is 4.86. The Morgan fingerprint density at radius 1 is 1.00 bits per heavy atom. The van der Waals surface area contributed by atoms with Gasteiger partial charge in [-0.15, -0.1) is 0 Å². The fraction of sp³-hybridized carbons (Fsp3) is 0.174. The fourth-order valence-electron chi connectivity index (χ4n) is 2.84. The molecule has 0 unspecified atom stereocenters. The van der Waals surface area contributed by atoms with E-state index >= 15 is 0 Å². The summed E-state index contributed by atoms with van der Waals surface area (Å²) in [4.78, 5) is 12.4. The van der Waals surface area contributed by atoms with Crippen LogP contribution in [0.5, 0.6) is 11.5 Å². The summed E-state index contributed by atoms with van der Waals surface area (Å²) in [7, 11) is -2.38. The number of aryl methyl sites for hydroxylation is 1. The summed E-state index contributed by atoms with van der Waals surface area (Å²) in [6.45, 7) is 3.47. The van der Waals surface area contributed by atoms with E-state index in [0.717, 1.165) is 5.56 Å². The first-order valence-electron chi connectivity index (χ1n) is 9.68. The Kier molecular flexibility index (Phi) is 7.27. The molecule has 3 rings (SSSR count). The van der Waals surface area contributed by atoms with Crippen LogP contribution in [0.3, 0.4) is 0 Å². The summed E-state index contributed by atoms with van der Waals surface area (Å²) in [5, 5.41) is 3.27. The van der Waals surface area contributed by atoms with Crippen LogP contribution < -0.4 is 19.5 Å². The van der Waals surface area contributed by atoms with E-state index in [9.17, 15) is 13.2 Å². The second-order valence-electron chi connectivity index (χ2n) is 7.04. The Labute approximate surface area is 192 Å². The van der Waals surface area contributed by atoms with Crippen molar-refractivity contribution >= 4 is 38.9 Å². The van der Waals surface area contributed by atoms with Gasteiger partial charge in [0.15, 0.2) is 6.10 Å². The van der Waals surface area contributed by atoms with Gasteiger partial charge in [0.05, 0.1) is 17.7 Å². The Hall–Kier alpha value is -3.23. The minimum absolute atomic E-state index is 0.0459. The zero-order chi connectivity index (χ0) is 23.3. The molecule has 2 N–H and O–H groups in total. The zero-order valence-corrected chi connectivity index (χ0v) is 19.3. The third kappa shape index (κ3) is 5.93. The highest BCUT2D eigenvalue weighted by Crippen LogP contribution is 2.28. The summed E-state index contributed by atoms with van der Waals surface area (Å²) in [5.74, 6) is 0.548. The number of methoxy groups -OCH3 is 1. The highest BCUT2D eigenvalue weighted by molar-refractivity contribution is 7.92. The summed E-state index contributed by atoms with van der Waals surface area (Å²) in [5.41, 5.74) is 1.67. The minimum Gasteiger partial charge on any atom is -0.495 e. The monoisotopic (exact) mass is 474 g/mol. The van der Waals surface area contributed by atoms with Crippen molar-refractivity contribution in [3.05, 3.63) is 77.3 Å². The number of sulfonamides is 1. The Bertz CT molecular complexity index is 1200. The summed E-state index contributed by atoms with van der Waals surface area (Å²) in [6.07, 6.45) is -0.768. The van der Waals surface area contributed by atoms with Gasteiger partial charge in [0.1, 0.15) is 11.5 Å². The summed E-state index contributed by atoms with van der Waals surface area (Å²) >= 11 is 5.84. The molecule has 0 saturated carbocycles. The van der Waals surface area contributed by atoms with Crippen LogP contribution in [-0.2, 0) is 14.8 Å². The maximum absolute atomic E-state index is 12.8. The number of hydrogen-bond acceptors (Lipinski definition) is 5. The van der Waals surface area contributed by atoms with E-state index in [1.165, 1.54) is 31.4 Å². The van der Waals surface area contributed by atoms with Gasteiger partial charge in [-0.1, -0.05) is 17.7 Å². The predicted molar refractivity (Wildman–Crippen MR) is 125 cm³/mol. The van der Waals surface area contributed by atoms with Crippen molar-refractivity contribution in [3.63, 3.8) is 0 Å². The lowest BCUT2D eigenvalue weighted by Crippen LogP contribution is -2.30. The van der Waals surface area contributed by atoms with Gasteiger partial charge in [-0.25, -0.2) is 8.42 Å². The fourth-order valence-corrected chi connectivity index (χ4v) is 4.02. The van der Waals surface area contributed by atoms with Crippen molar-refractivity contribution in [2.45, 2.75) is 24.8 Å². The van der Waals surface area contributed by atoms with Crippen LogP contribution in [0.2, 0.25) is 5.02 Å². The van der Waals surface area contributed by atoms with Gasteiger partial charge >= 0.3 is 0 Å². The molecule has 0 fully saturated rings. The largest absolute Gasteiger partial charge is 0.495 e. The topological polar surface area (TPSA) is 93.7 Å². The van der Waals surface area contributed by atoms with E-state index in [0.29, 0.717) is 27.9 Å². The third-order valence-corrected chi connectivity index (χ3v) is 6.16. The van der Waals surface area contributed by atoms with Crippen molar-refractivity contribution < 1.29 is 22.7 Å². The lowest BCUT2D eigenvalue weighted by molar-refractivity contribution is -0.122. The number of benzene rings is 3. The molecule has 32 heavy (non-hydrogen) atoms. The average molecular weight is 475 g/mol. The Morgan fingerprint density at radius 3 is 2.28 bits per heavy atom. The minimum atomic E-state index is -3.85. The highest BCUT2D eigenvalue weighted by Gasteiger charge is 2.18. The smallest absolute Gasteiger partial charge is 0.265 e. The van der Waals surface area contributed by atoms with Gasteiger partial charge < -0.3 is 14.8 Å². The SMILES string of the molecule is COc1ccc(C)cc1NS(=O)(=O)c1ccc(NC(=O)[C@@H](C)Oc2ccc(Cl)cc2)cc1. The van der Waals surface area contributed by atoms with Gasteiger partial charge in [-0.2, -0.15) is 0 Å². The molecule has 0 spiro atoms. The van der Waals surface area contributed by atoms with Gasteiger partial charge in [-0.3, -0.25) is 9.52 Å². The zero-order valence-electron chi connectivity index (χ0n) is 17.8. The lowest BCUT2D eigenvalue weighted by atomic mass is 10.2. The normalized spacial score (nSPS) is 12.0. The molecule has 3 aromatic carbocycles. The number of ether oxygens (including phenoxy) is 2. The van der Waals surface area contributed by atoms with Gasteiger partial charge in [0.2, 0.25) is 0 Å². The second kappa shape index (κ2) is 9.93. The van der Waals surface area contributed by atoms with Crippen molar-refractivity contribution in [2.24, 2.45) is 0 Å². The van der Waals surface area contributed by atoms with Crippen LogP contribution >= 0.6 is 11.6 Å². The number of carbonyl (C=O) groups excluding carboxylic acids is 1. The van der Waals surface area contributed by atoms with E-state index in [-0.39, 0.29) is 10.8 Å². The van der Waals surface area contributed by atoms with Crippen LogP contribution in [0.1, 0.15) is 12.5 Å². The van der Waals surface area contributed by atoms with E-state index in [2.05, 4.69) is 10.0 Å². The van der Waals surface area contributed by atoms with E-state index < -0.39 is 16.1 Å². The van der Waals surface area contributed by atoms with E-state index in [4.69, 9.17) is 21.1 Å². The van der Waals surface area contributed by atoms with Crippen molar-refractivity contribution in [1.82, 2.24) is 0 Å². The number of halogens is 1. The van der Waals surface area contributed by atoms with Crippen LogP contribution in [0.25, 0.3) is 0 Å². The summed E-state index contributed by atoms with van der Waals surface area (Å²) < 4.78 is 38.9. The third-order valence-electron chi connectivity index (χ3n) is 4.53. The first-order chi connectivity index (χ1) is 15.2. The number of nitrogens with one attached hydrogen (secondary N) is 2. The molecule has 3 aromatic rings. The van der Waals surface area contributed by atoms with Gasteiger partial charge in [-0.05, 0) is 80.1 Å². The molecule has 0 bridgehead atoms. The molecule has 168 valence electrons. The maximum atomic E-state index is 12.8. The quantitative estimate of drug-likeness (QED) is 0.486. The number of hydrogen-bond donors (Lipinski definition) is 2. The molecule has 0 aliphatic carbocycles. The molecule has 0 aromatic heterocycles. The molecule has 7 nitrogen and oxygen atoms in total. The summed E-state index contributed by atoms with van der Waals surface area (Å²) in [6, 6.07) is 17.7. The molecule has 0 radical (unpaired) electrons. The van der Waals surface area contributed by atoms with Crippen LogP contribution in [-0.4, -0.2) is 27.5 Å². The van der Waals surface area contributed by atoms with Crippen LogP contribution in [0.15, 0.2) is 71.6 Å². The van der Waals surface area contributed by atoms with Crippen molar-refractivity contribution in [3.8, 4) is 11.5 Å². The Balaban J connectivity index is 1.66. The van der Waals surface area contributed by atoms with E-state index in [1.807, 2.05) is 13.0 Å². The first kappa shape index (κ1) is 23.4. The lowest BCUT2D eigenvalue weighted by Gasteiger charge is -2.15. The molecular weight excluding hydrogens is 452 g/mol. The Morgan fingerprint density at radius 2 is 1.66 bits per heavy atom. The number of amides is 1. The van der Waals surface area contributed by atoms with Crippen molar-refractivity contribution in [1.29, 1.82) is 0 Å². The molecule has 0 aliphatic heterocycles. The van der Waals surface area contributed by atoms with Crippen molar-refractivity contribution in [2.75, 3.05) is 17.1 Å². The van der Waals surface area contributed by atoms with Gasteiger partial charge in [0.25, 0.3) is 15.9 Å². The molecule has 9 heteroatoms. The van der Waals surface area contributed by atoms with Crippen LogP contribution in [0.4, 0.5) is 11.4 Å². The van der Waals surface area contributed by atoms with Gasteiger partial charge in [0, 0.05) is 10.7 Å². The van der Waals surface area contributed by atoms with E-state index in [1.54, 1.807) is 43.3 Å². The average Bonchev–Trinajstić information content (AvgIpc) is 2.75. The standard InChI is InChI=1S/C23H23ClN2O5S/c1-15-4-13-22(30-3)21(14-15)26-32(28,29)20-11-7-18(8-12-20)25-23(27)16(2)31-19-9-5-17(24)6-10-19/h4-14,16,26H,1-3H3,(H,25,27)/t16-/m1/s1. The number of carbonyl (C=O) groups is 1. The maximum Gasteiger partial charge on any atom is 0.265 e. The molecule has 1 amide bonds. The number of anilines is 2. The second-order valence-corrected chi connectivity index (χ2v) is 9.16. The highest BCUT2D eigenvalue weighted by atomic mass is 35.5. The molecule has 0 saturated heterocycles. The van der Waals surface area contributed by atoms with Crippen LogP contribution in [0, 0.1) is 6.92 Å². The molecule has 0 heterocycles. The molecule has 1 atom stereocenters.